The molecule has 0 radical (unpaired) electrons. The van der Waals surface area contributed by atoms with E-state index in [1.54, 1.807) is 42.3 Å². The molecule has 1 amide bonds. The number of halogens is 1. The number of ether oxygens (including phenoxy) is 1. The number of hydrogen-bond donors (Lipinski definition) is 0. The zero-order chi connectivity index (χ0) is 21.5. The van der Waals surface area contributed by atoms with Crippen LogP contribution in [0.2, 0.25) is 5.02 Å². The highest BCUT2D eigenvalue weighted by molar-refractivity contribution is 6.31. The Morgan fingerprint density at radius 2 is 1.68 bits per heavy atom. The van der Waals surface area contributed by atoms with Crippen LogP contribution >= 0.6 is 11.6 Å². The van der Waals surface area contributed by atoms with Crippen molar-refractivity contribution in [2.75, 3.05) is 7.11 Å². The van der Waals surface area contributed by atoms with E-state index < -0.39 is 6.04 Å². The maximum Gasteiger partial charge on any atom is 0.291 e. The predicted molar refractivity (Wildman–Crippen MR) is 119 cm³/mol. The Morgan fingerprint density at radius 3 is 2.42 bits per heavy atom. The third-order valence-electron chi connectivity index (χ3n) is 5.60. The summed E-state index contributed by atoms with van der Waals surface area (Å²) in [7, 11) is 1.59. The zero-order valence-electron chi connectivity index (χ0n) is 16.7. The lowest BCUT2D eigenvalue weighted by Crippen LogP contribution is -2.29. The Bertz CT molecular complexity index is 1360. The fourth-order valence-corrected chi connectivity index (χ4v) is 4.27. The SMILES string of the molecule is COc1ccc(C2c3c(oc4ccccc4c3=O)C(=O)N2Cc2ccccc2Cl)cc1. The molecule has 1 unspecified atom stereocenters. The smallest absolute Gasteiger partial charge is 0.291 e. The van der Waals surface area contributed by atoms with Crippen LogP contribution in [0.4, 0.5) is 0 Å². The molecular weight excluding hydrogens is 414 g/mol. The molecule has 154 valence electrons. The minimum absolute atomic E-state index is 0.0802. The van der Waals surface area contributed by atoms with Gasteiger partial charge in [0, 0.05) is 11.6 Å². The molecule has 1 atom stereocenters. The second-order valence-electron chi connectivity index (χ2n) is 7.37. The summed E-state index contributed by atoms with van der Waals surface area (Å²) in [5, 5.41) is 1.01. The van der Waals surface area contributed by atoms with Gasteiger partial charge >= 0.3 is 0 Å². The van der Waals surface area contributed by atoms with E-state index >= 15 is 0 Å². The third-order valence-corrected chi connectivity index (χ3v) is 5.97. The van der Waals surface area contributed by atoms with Gasteiger partial charge in [-0.25, -0.2) is 0 Å². The van der Waals surface area contributed by atoms with Gasteiger partial charge < -0.3 is 14.1 Å². The first-order valence-electron chi connectivity index (χ1n) is 9.82. The molecule has 0 saturated heterocycles. The van der Waals surface area contributed by atoms with Crippen molar-refractivity contribution in [2.24, 2.45) is 0 Å². The first-order chi connectivity index (χ1) is 15.1. The summed E-state index contributed by atoms with van der Waals surface area (Å²) in [4.78, 5) is 28.5. The standard InChI is InChI=1S/C25H18ClNO4/c1-30-17-12-10-15(11-13-17)22-21-23(28)18-7-3-5-9-20(18)31-24(21)25(29)27(22)14-16-6-2-4-8-19(16)26/h2-13,22H,14H2,1H3. The summed E-state index contributed by atoms with van der Waals surface area (Å²) >= 11 is 6.37. The van der Waals surface area contributed by atoms with Crippen molar-refractivity contribution in [3.63, 3.8) is 0 Å². The molecule has 31 heavy (non-hydrogen) atoms. The fourth-order valence-electron chi connectivity index (χ4n) is 4.07. The molecule has 5 nitrogen and oxygen atoms in total. The molecule has 0 N–H and O–H groups in total. The zero-order valence-corrected chi connectivity index (χ0v) is 17.4. The largest absolute Gasteiger partial charge is 0.497 e. The lowest BCUT2D eigenvalue weighted by molar-refractivity contribution is 0.0714. The molecule has 3 aromatic carbocycles. The molecule has 2 heterocycles. The van der Waals surface area contributed by atoms with Gasteiger partial charge in [-0.1, -0.05) is 54.1 Å². The van der Waals surface area contributed by atoms with E-state index in [1.807, 2.05) is 42.5 Å². The summed E-state index contributed by atoms with van der Waals surface area (Å²) in [5.41, 5.74) is 2.13. The number of nitrogens with zero attached hydrogens (tertiary/aromatic N) is 1. The van der Waals surface area contributed by atoms with Crippen molar-refractivity contribution in [3.05, 3.63) is 110 Å². The minimum Gasteiger partial charge on any atom is -0.497 e. The second-order valence-corrected chi connectivity index (χ2v) is 7.78. The summed E-state index contributed by atoms with van der Waals surface area (Å²) in [6, 6.07) is 21.1. The Kier molecular flexibility index (Phi) is 4.75. The predicted octanol–water partition coefficient (Wildman–Crippen LogP) is 5.20. The Balaban J connectivity index is 1.72. The highest BCUT2D eigenvalue weighted by Crippen LogP contribution is 2.40. The van der Waals surface area contributed by atoms with Gasteiger partial charge in [0.05, 0.1) is 24.1 Å². The number of methoxy groups -OCH3 is 1. The monoisotopic (exact) mass is 431 g/mol. The molecular formula is C25H18ClNO4. The van der Waals surface area contributed by atoms with Gasteiger partial charge in [-0.3, -0.25) is 9.59 Å². The maximum absolute atomic E-state index is 13.4. The van der Waals surface area contributed by atoms with Gasteiger partial charge in [0.1, 0.15) is 11.3 Å². The average molecular weight is 432 g/mol. The summed E-state index contributed by atoms with van der Waals surface area (Å²) in [6.45, 7) is 0.245. The number of amides is 1. The van der Waals surface area contributed by atoms with Crippen LogP contribution in [0.25, 0.3) is 11.0 Å². The Labute approximate surface area is 183 Å². The quantitative estimate of drug-likeness (QED) is 0.445. The fraction of sp³-hybridized carbons (Fsp3) is 0.120. The van der Waals surface area contributed by atoms with E-state index in [0.717, 1.165) is 11.1 Å². The lowest BCUT2D eigenvalue weighted by atomic mass is 9.98. The Morgan fingerprint density at radius 1 is 0.968 bits per heavy atom. The number of fused-ring (bicyclic) bond motifs is 2. The molecule has 4 aromatic rings. The van der Waals surface area contributed by atoms with E-state index in [0.29, 0.717) is 27.3 Å². The number of carbonyl (C=O) groups excluding carboxylic acids is 1. The molecule has 5 rings (SSSR count). The third kappa shape index (κ3) is 3.18. The van der Waals surface area contributed by atoms with Crippen LogP contribution in [-0.4, -0.2) is 17.9 Å². The Hall–Kier alpha value is -3.57. The summed E-state index contributed by atoms with van der Waals surface area (Å²) in [5.74, 6) is 0.437. The molecule has 0 spiro atoms. The van der Waals surface area contributed by atoms with Gasteiger partial charge in [0.2, 0.25) is 5.76 Å². The van der Waals surface area contributed by atoms with Crippen molar-refractivity contribution in [1.82, 2.24) is 4.90 Å². The van der Waals surface area contributed by atoms with Crippen LogP contribution < -0.4 is 10.2 Å². The first kappa shape index (κ1) is 19.4. The van der Waals surface area contributed by atoms with E-state index in [9.17, 15) is 9.59 Å². The number of benzene rings is 3. The van der Waals surface area contributed by atoms with Crippen molar-refractivity contribution in [2.45, 2.75) is 12.6 Å². The molecule has 0 bridgehead atoms. The number of hydrogen-bond acceptors (Lipinski definition) is 4. The van der Waals surface area contributed by atoms with Crippen molar-refractivity contribution >= 4 is 28.5 Å². The normalized spacial score (nSPS) is 15.4. The number of carbonyl (C=O) groups is 1. The lowest BCUT2D eigenvalue weighted by Gasteiger charge is -2.25. The molecule has 1 aromatic heterocycles. The van der Waals surface area contributed by atoms with Gasteiger partial charge in [0.15, 0.2) is 5.43 Å². The van der Waals surface area contributed by atoms with Crippen LogP contribution in [-0.2, 0) is 6.54 Å². The molecule has 0 saturated carbocycles. The van der Waals surface area contributed by atoms with Crippen molar-refractivity contribution in [1.29, 1.82) is 0 Å². The molecule has 0 aliphatic carbocycles. The van der Waals surface area contributed by atoms with E-state index in [2.05, 4.69) is 0 Å². The van der Waals surface area contributed by atoms with Crippen LogP contribution in [0.15, 0.2) is 82.0 Å². The molecule has 6 heteroatoms. The van der Waals surface area contributed by atoms with Crippen LogP contribution in [0, 0.1) is 0 Å². The van der Waals surface area contributed by atoms with E-state index in [1.165, 1.54) is 0 Å². The number of rotatable bonds is 4. The van der Waals surface area contributed by atoms with E-state index in [-0.39, 0.29) is 23.6 Å². The van der Waals surface area contributed by atoms with Crippen LogP contribution in [0.5, 0.6) is 5.75 Å². The van der Waals surface area contributed by atoms with Gasteiger partial charge in [-0.05, 0) is 41.5 Å². The van der Waals surface area contributed by atoms with Gasteiger partial charge in [-0.15, -0.1) is 0 Å². The molecule has 0 fully saturated rings. The molecule has 1 aliphatic heterocycles. The van der Waals surface area contributed by atoms with Gasteiger partial charge in [0.25, 0.3) is 5.91 Å². The average Bonchev–Trinajstić information content (AvgIpc) is 3.07. The highest BCUT2D eigenvalue weighted by atomic mass is 35.5. The van der Waals surface area contributed by atoms with Crippen LogP contribution in [0.1, 0.15) is 33.3 Å². The van der Waals surface area contributed by atoms with E-state index in [4.69, 9.17) is 20.8 Å². The van der Waals surface area contributed by atoms with Crippen molar-refractivity contribution < 1.29 is 13.9 Å². The van der Waals surface area contributed by atoms with Crippen LogP contribution in [0.3, 0.4) is 0 Å². The molecule has 1 aliphatic rings. The minimum atomic E-state index is -0.592. The van der Waals surface area contributed by atoms with Gasteiger partial charge in [-0.2, -0.15) is 0 Å². The topological polar surface area (TPSA) is 59.8 Å². The maximum atomic E-state index is 13.4. The highest BCUT2D eigenvalue weighted by Gasteiger charge is 2.42. The number of para-hydroxylation sites is 1. The van der Waals surface area contributed by atoms with Crippen molar-refractivity contribution in [3.8, 4) is 5.75 Å². The first-order valence-corrected chi connectivity index (χ1v) is 10.2. The second kappa shape index (κ2) is 7.60. The summed E-state index contributed by atoms with van der Waals surface area (Å²) in [6.07, 6.45) is 0. The summed E-state index contributed by atoms with van der Waals surface area (Å²) < 4.78 is 11.2.